The van der Waals surface area contributed by atoms with Crippen molar-refractivity contribution in [2.75, 3.05) is 0 Å². The van der Waals surface area contributed by atoms with E-state index in [1.165, 1.54) is 12.1 Å². The van der Waals surface area contributed by atoms with E-state index in [4.69, 9.17) is 11.6 Å². The molecule has 0 radical (unpaired) electrons. The molecule has 1 nitrogen and oxygen atoms in total. The molecule has 0 saturated heterocycles. The van der Waals surface area contributed by atoms with Crippen LogP contribution < -0.4 is 0 Å². The van der Waals surface area contributed by atoms with Crippen molar-refractivity contribution in [1.82, 2.24) is 0 Å². The van der Waals surface area contributed by atoms with Crippen LogP contribution >= 0.6 is 11.6 Å². The summed E-state index contributed by atoms with van der Waals surface area (Å²) in [6, 6.07) is 5.14. The van der Waals surface area contributed by atoms with Gasteiger partial charge in [-0.25, -0.2) is 0 Å². The monoisotopic (exact) mass is 332 g/mol. The van der Waals surface area contributed by atoms with Gasteiger partial charge in [0.1, 0.15) is 0 Å². The lowest BCUT2D eigenvalue weighted by Gasteiger charge is -2.05. The number of hydrogen-bond acceptors (Lipinski definition) is 1. The van der Waals surface area contributed by atoms with Gasteiger partial charge in [0.15, 0.2) is 0 Å². The molecular formula is C17H20ClF3O. The first-order chi connectivity index (χ1) is 10.4. The first kappa shape index (κ1) is 18.8. The number of carbonyl (C=O) groups excluding carboxylic acids is 1. The maximum atomic E-state index is 12.4. The van der Waals surface area contributed by atoms with Gasteiger partial charge in [0.25, 0.3) is 0 Å². The number of rotatable bonds is 9. The predicted octanol–water partition coefficient (Wildman–Crippen LogP) is 6.21. The molecule has 0 aliphatic heterocycles. The van der Waals surface area contributed by atoms with Gasteiger partial charge in [-0.15, -0.1) is 0 Å². The molecule has 0 saturated carbocycles. The van der Waals surface area contributed by atoms with Gasteiger partial charge < -0.3 is 0 Å². The zero-order chi connectivity index (χ0) is 16.4. The summed E-state index contributed by atoms with van der Waals surface area (Å²) in [5, 5.41) is -0.278. The highest BCUT2D eigenvalue weighted by Gasteiger charge is 2.29. The van der Waals surface area contributed by atoms with E-state index in [1.807, 2.05) is 12.2 Å². The molecule has 5 heteroatoms. The smallest absolute Gasteiger partial charge is 0.281 e. The summed E-state index contributed by atoms with van der Waals surface area (Å²) < 4.78 is 37.2. The predicted molar refractivity (Wildman–Crippen MR) is 83.7 cm³/mol. The van der Waals surface area contributed by atoms with E-state index in [0.29, 0.717) is 6.42 Å². The van der Waals surface area contributed by atoms with Crippen molar-refractivity contribution in [1.29, 1.82) is 0 Å². The fraction of sp³-hybridized carbons (Fsp3) is 0.471. The van der Waals surface area contributed by atoms with Gasteiger partial charge in [-0.05, 0) is 48.6 Å². The van der Waals surface area contributed by atoms with E-state index in [1.54, 1.807) is 0 Å². The van der Waals surface area contributed by atoms with Crippen LogP contribution in [0.2, 0.25) is 0 Å². The molecule has 0 amide bonds. The Morgan fingerprint density at radius 2 is 1.59 bits per heavy atom. The summed E-state index contributed by atoms with van der Waals surface area (Å²) in [5.74, 6) is 0. The number of alkyl halides is 3. The van der Waals surface area contributed by atoms with Crippen LogP contribution in [0.1, 0.15) is 56.1 Å². The second-order valence-corrected chi connectivity index (χ2v) is 5.61. The SMILES string of the molecule is O=C(Cl)CCCCCCCC=Cc1ccc(C(F)(F)F)cc1. The van der Waals surface area contributed by atoms with Gasteiger partial charge in [0, 0.05) is 6.42 Å². The molecule has 0 bridgehead atoms. The highest BCUT2D eigenvalue weighted by molar-refractivity contribution is 6.63. The molecule has 0 unspecified atom stereocenters. The first-order valence-electron chi connectivity index (χ1n) is 7.42. The quantitative estimate of drug-likeness (QED) is 0.388. The van der Waals surface area contributed by atoms with Crippen molar-refractivity contribution in [3.05, 3.63) is 41.5 Å². The van der Waals surface area contributed by atoms with Crippen molar-refractivity contribution in [3.63, 3.8) is 0 Å². The molecule has 0 atom stereocenters. The van der Waals surface area contributed by atoms with E-state index < -0.39 is 11.7 Å². The minimum absolute atomic E-state index is 0.278. The first-order valence-corrected chi connectivity index (χ1v) is 7.79. The number of hydrogen-bond donors (Lipinski definition) is 0. The van der Waals surface area contributed by atoms with E-state index in [0.717, 1.165) is 56.2 Å². The highest BCUT2D eigenvalue weighted by Crippen LogP contribution is 2.29. The van der Waals surface area contributed by atoms with Crippen molar-refractivity contribution < 1.29 is 18.0 Å². The average Bonchev–Trinajstić information content (AvgIpc) is 2.45. The minimum Gasteiger partial charge on any atom is -0.281 e. The fourth-order valence-corrected chi connectivity index (χ4v) is 2.19. The summed E-state index contributed by atoms with van der Waals surface area (Å²) in [4.78, 5) is 10.5. The van der Waals surface area contributed by atoms with Crippen LogP contribution in [0, 0.1) is 0 Å². The Kier molecular flexibility index (Phi) is 8.25. The molecule has 0 N–H and O–H groups in total. The number of unbranched alkanes of at least 4 members (excludes halogenated alkanes) is 5. The zero-order valence-electron chi connectivity index (χ0n) is 12.3. The summed E-state index contributed by atoms with van der Waals surface area (Å²) in [7, 11) is 0. The second-order valence-electron chi connectivity index (χ2n) is 5.18. The molecule has 22 heavy (non-hydrogen) atoms. The standard InChI is InChI=1S/C17H20ClF3O/c18-16(22)9-7-5-3-1-2-4-6-8-14-10-12-15(13-11-14)17(19,20)21/h6,8,10-13H,1-5,7,9H2. The number of allylic oxidation sites excluding steroid dienone is 1. The lowest BCUT2D eigenvalue weighted by atomic mass is 10.1. The maximum Gasteiger partial charge on any atom is 0.416 e. The second kappa shape index (κ2) is 9.67. The molecule has 1 aromatic rings. The normalized spacial score (nSPS) is 12.0. The summed E-state index contributed by atoms with van der Waals surface area (Å²) in [6.45, 7) is 0. The Balaban J connectivity index is 2.17. The topological polar surface area (TPSA) is 17.1 Å². The lowest BCUT2D eigenvalue weighted by Crippen LogP contribution is -2.03. The summed E-state index contributed by atoms with van der Waals surface area (Å²) >= 11 is 5.24. The Bertz CT molecular complexity index is 478. The molecule has 0 heterocycles. The van der Waals surface area contributed by atoms with Crippen molar-refractivity contribution in [3.8, 4) is 0 Å². The van der Waals surface area contributed by atoms with Gasteiger partial charge in [0.05, 0.1) is 5.56 Å². The van der Waals surface area contributed by atoms with Crippen LogP contribution in [0.15, 0.2) is 30.3 Å². The van der Waals surface area contributed by atoms with Crippen LogP contribution in [0.5, 0.6) is 0 Å². The molecule has 0 fully saturated rings. The van der Waals surface area contributed by atoms with E-state index in [9.17, 15) is 18.0 Å². The molecule has 1 aromatic carbocycles. The third-order valence-electron chi connectivity index (χ3n) is 3.29. The Hall–Kier alpha value is -1.29. The molecule has 0 aliphatic rings. The number of halogens is 4. The van der Waals surface area contributed by atoms with E-state index in [2.05, 4.69) is 0 Å². The molecular weight excluding hydrogens is 313 g/mol. The molecule has 0 aromatic heterocycles. The van der Waals surface area contributed by atoms with Gasteiger partial charge in [-0.1, -0.05) is 43.5 Å². The van der Waals surface area contributed by atoms with Crippen molar-refractivity contribution in [2.45, 2.75) is 51.1 Å². The van der Waals surface area contributed by atoms with Gasteiger partial charge in [-0.3, -0.25) is 4.79 Å². The maximum absolute atomic E-state index is 12.4. The molecule has 0 spiro atoms. The van der Waals surface area contributed by atoms with E-state index in [-0.39, 0.29) is 5.24 Å². The van der Waals surface area contributed by atoms with Gasteiger partial charge in [0.2, 0.25) is 5.24 Å². The van der Waals surface area contributed by atoms with E-state index >= 15 is 0 Å². The molecule has 1 rings (SSSR count). The number of benzene rings is 1. The number of carbonyl (C=O) groups is 1. The summed E-state index contributed by atoms with van der Waals surface area (Å²) in [5.41, 5.74) is 0.147. The zero-order valence-corrected chi connectivity index (χ0v) is 13.1. The summed E-state index contributed by atoms with van der Waals surface area (Å²) in [6.07, 6.45) is 5.89. The largest absolute Gasteiger partial charge is 0.416 e. The minimum atomic E-state index is -4.28. The van der Waals surface area contributed by atoms with Crippen LogP contribution in [0.4, 0.5) is 13.2 Å². The average molecular weight is 333 g/mol. The third-order valence-corrected chi connectivity index (χ3v) is 3.48. The van der Waals surface area contributed by atoms with Crippen molar-refractivity contribution >= 4 is 22.9 Å². The van der Waals surface area contributed by atoms with Crippen molar-refractivity contribution in [2.24, 2.45) is 0 Å². The van der Waals surface area contributed by atoms with Gasteiger partial charge in [-0.2, -0.15) is 13.2 Å². The van der Waals surface area contributed by atoms with Crippen LogP contribution in [0.3, 0.4) is 0 Å². The molecule has 0 aliphatic carbocycles. The third kappa shape index (κ3) is 8.23. The van der Waals surface area contributed by atoms with Gasteiger partial charge >= 0.3 is 6.18 Å². The Labute approximate surface area is 134 Å². The Morgan fingerprint density at radius 3 is 2.18 bits per heavy atom. The highest BCUT2D eigenvalue weighted by atomic mass is 35.5. The van der Waals surface area contributed by atoms with Crippen LogP contribution in [0.25, 0.3) is 6.08 Å². The Morgan fingerprint density at radius 1 is 1.00 bits per heavy atom. The van der Waals surface area contributed by atoms with Crippen LogP contribution in [-0.4, -0.2) is 5.24 Å². The fourth-order valence-electron chi connectivity index (χ4n) is 2.06. The molecule has 122 valence electrons. The van der Waals surface area contributed by atoms with Crippen LogP contribution in [-0.2, 0) is 11.0 Å². The lowest BCUT2D eigenvalue weighted by molar-refractivity contribution is -0.137.